The number of methoxy groups -OCH3 is 1. The Kier molecular flexibility index (Phi) is 11.4. The molecule has 0 radical (unpaired) electrons. The number of nitrogens with two attached hydrogens (primary N) is 1. The van der Waals surface area contributed by atoms with E-state index in [-0.39, 0.29) is 29.7 Å². The lowest BCUT2D eigenvalue weighted by molar-refractivity contribution is -0.145. The molecule has 3 atom stereocenters. The summed E-state index contributed by atoms with van der Waals surface area (Å²) in [6, 6.07) is 16.1. The Morgan fingerprint density at radius 2 is 1.67 bits per heavy atom. The maximum atomic E-state index is 14.4. The van der Waals surface area contributed by atoms with Crippen LogP contribution in [0.4, 0.5) is 4.79 Å². The van der Waals surface area contributed by atoms with Crippen LogP contribution in [0.2, 0.25) is 0 Å². The van der Waals surface area contributed by atoms with E-state index in [4.69, 9.17) is 11.1 Å². The van der Waals surface area contributed by atoms with Gasteiger partial charge in [0, 0.05) is 18.2 Å². The number of nitrogens with zero attached hydrogens (tertiary/aromatic N) is 2. The topological polar surface area (TPSA) is 197 Å². The maximum absolute atomic E-state index is 14.4. The van der Waals surface area contributed by atoms with E-state index in [2.05, 4.69) is 25.7 Å². The molecular formula is C33H37N7O6. The number of carbonyl (C=O) groups excluding carboxylic acids is 5. The monoisotopic (exact) mass is 627 g/mol. The molecule has 1 aliphatic heterocycles. The number of amidine groups is 1. The van der Waals surface area contributed by atoms with Gasteiger partial charge in [0.25, 0.3) is 17.7 Å². The predicted molar refractivity (Wildman–Crippen MR) is 169 cm³/mol. The number of rotatable bonds is 10. The highest BCUT2D eigenvalue weighted by Gasteiger charge is 2.40. The number of alkyl carbamates (subject to hydrolysis) is 1. The summed E-state index contributed by atoms with van der Waals surface area (Å²) in [4.78, 5) is 72.2. The summed E-state index contributed by atoms with van der Waals surface area (Å²) in [5.74, 6) is -3.74. The van der Waals surface area contributed by atoms with Gasteiger partial charge in [0.05, 0.1) is 30.5 Å². The Labute approximate surface area is 266 Å². The van der Waals surface area contributed by atoms with Gasteiger partial charge in [-0.15, -0.1) is 0 Å². The van der Waals surface area contributed by atoms with Crippen LogP contribution in [0.1, 0.15) is 45.6 Å². The Hall–Kier alpha value is -5.27. The van der Waals surface area contributed by atoms with Gasteiger partial charge < -0.3 is 21.1 Å². The molecule has 2 heterocycles. The molecule has 5 amide bonds. The molecule has 0 aliphatic carbocycles. The van der Waals surface area contributed by atoms with Crippen LogP contribution in [0.15, 0.2) is 72.9 Å². The first-order valence-corrected chi connectivity index (χ1v) is 14.8. The number of hydrogen-bond donors (Lipinski definition) is 5. The largest absolute Gasteiger partial charge is 0.453 e. The van der Waals surface area contributed by atoms with Crippen LogP contribution in [0, 0.1) is 12.3 Å². The van der Waals surface area contributed by atoms with Crippen LogP contribution in [-0.4, -0.2) is 77.2 Å². The number of ether oxygens (including phenoxy) is 1. The van der Waals surface area contributed by atoms with Crippen molar-refractivity contribution in [3.05, 3.63) is 101 Å². The summed E-state index contributed by atoms with van der Waals surface area (Å²) in [5, 5.41) is 16.1. The lowest BCUT2D eigenvalue weighted by Gasteiger charge is -2.28. The van der Waals surface area contributed by atoms with Crippen LogP contribution in [-0.2, 0) is 32.0 Å². The summed E-state index contributed by atoms with van der Waals surface area (Å²) >= 11 is 0. The van der Waals surface area contributed by atoms with Crippen LogP contribution < -0.4 is 21.7 Å². The molecule has 0 bridgehead atoms. The zero-order chi connectivity index (χ0) is 33.2. The molecule has 13 nitrogen and oxygen atoms in total. The zero-order valence-corrected chi connectivity index (χ0v) is 25.6. The third-order valence-electron chi connectivity index (χ3n) is 7.55. The fraction of sp³-hybridized carbons (Fsp3) is 0.303. The minimum Gasteiger partial charge on any atom is -0.453 e. The quantitative estimate of drug-likeness (QED) is 0.126. The molecule has 2 aromatic carbocycles. The second-order valence-corrected chi connectivity index (χ2v) is 10.9. The fourth-order valence-electron chi connectivity index (χ4n) is 5.04. The minimum atomic E-state index is -1.33. The molecular weight excluding hydrogens is 590 g/mol. The lowest BCUT2D eigenvalue weighted by atomic mass is 10.0. The summed E-state index contributed by atoms with van der Waals surface area (Å²) in [7, 11) is 1.14. The van der Waals surface area contributed by atoms with Crippen molar-refractivity contribution in [1.82, 2.24) is 25.8 Å². The van der Waals surface area contributed by atoms with E-state index in [1.807, 2.05) is 30.3 Å². The average Bonchev–Trinajstić information content (AvgIpc) is 3.61. The Balaban J connectivity index is 1.69. The van der Waals surface area contributed by atoms with Gasteiger partial charge in [-0.1, -0.05) is 60.7 Å². The van der Waals surface area contributed by atoms with Gasteiger partial charge in [-0.05, 0) is 49.9 Å². The molecule has 13 heteroatoms. The summed E-state index contributed by atoms with van der Waals surface area (Å²) in [6.45, 7) is 2.04. The first-order valence-electron chi connectivity index (χ1n) is 14.8. The first kappa shape index (κ1) is 33.6. The number of aromatic nitrogens is 1. The highest BCUT2D eigenvalue weighted by molar-refractivity contribution is 6.19. The van der Waals surface area contributed by atoms with E-state index in [0.717, 1.165) is 12.7 Å². The smallest absolute Gasteiger partial charge is 0.412 e. The minimum absolute atomic E-state index is 0.0242. The van der Waals surface area contributed by atoms with Gasteiger partial charge in [0.1, 0.15) is 11.9 Å². The normalized spacial score (nSPS) is 15.2. The standard InChI is InChI=1S/C33H37N7O6/c1-20-24(18-23(19-37-20)28(35)39-33(45)46-2)30(42)40(31(43)26-14-9-15-36-26)32(44)27(17-22-12-7-4-8-13-22)38-29(41)25(34)16-21-10-5-3-6-11-21/h3-8,10-13,18-19,25-27,36H,9,14-17,34H2,1-2H3,(H,38,41)(H2,35,39,45)/t25-,26-,27-/m0/s1. The Bertz CT molecular complexity index is 1590. The molecule has 1 saturated heterocycles. The number of imide groups is 3. The Morgan fingerprint density at radius 3 is 2.26 bits per heavy atom. The van der Waals surface area contributed by atoms with Crippen molar-refractivity contribution in [2.75, 3.05) is 13.7 Å². The molecule has 1 fully saturated rings. The number of carbonyl (C=O) groups is 5. The molecule has 1 aliphatic rings. The molecule has 0 spiro atoms. The van der Waals surface area contributed by atoms with Crippen molar-refractivity contribution < 1.29 is 28.7 Å². The average molecular weight is 628 g/mol. The molecule has 1 aromatic heterocycles. The first-order chi connectivity index (χ1) is 22.1. The molecule has 240 valence electrons. The third-order valence-corrected chi connectivity index (χ3v) is 7.55. The van der Waals surface area contributed by atoms with E-state index in [1.165, 1.54) is 19.2 Å². The third kappa shape index (κ3) is 8.46. The van der Waals surface area contributed by atoms with Crippen LogP contribution >= 0.6 is 0 Å². The number of aryl methyl sites for hydroxylation is 1. The van der Waals surface area contributed by atoms with Gasteiger partial charge in [0.15, 0.2) is 0 Å². The van der Waals surface area contributed by atoms with Gasteiger partial charge in [-0.2, -0.15) is 0 Å². The van der Waals surface area contributed by atoms with E-state index < -0.39 is 53.7 Å². The van der Waals surface area contributed by atoms with Gasteiger partial charge >= 0.3 is 6.09 Å². The number of hydrogen-bond acceptors (Lipinski definition) is 10. The fourth-order valence-corrected chi connectivity index (χ4v) is 5.04. The van der Waals surface area contributed by atoms with Gasteiger partial charge in [-0.3, -0.25) is 34.9 Å². The van der Waals surface area contributed by atoms with Crippen LogP contribution in [0.25, 0.3) is 0 Å². The number of benzene rings is 2. The second-order valence-electron chi connectivity index (χ2n) is 10.9. The Morgan fingerprint density at radius 1 is 1.04 bits per heavy atom. The van der Waals surface area contributed by atoms with Crippen molar-refractivity contribution in [2.45, 2.75) is 50.7 Å². The maximum Gasteiger partial charge on any atom is 0.412 e. The molecule has 0 saturated carbocycles. The van der Waals surface area contributed by atoms with Crippen molar-refractivity contribution in [2.24, 2.45) is 5.73 Å². The highest BCUT2D eigenvalue weighted by atomic mass is 16.5. The lowest BCUT2D eigenvalue weighted by Crippen LogP contribution is -2.58. The molecule has 3 aromatic rings. The van der Waals surface area contributed by atoms with E-state index in [0.29, 0.717) is 29.8 Å². The van der Waals surface area contributed by atoms with E-state index in [1.54, 1.807) is 30.3 Å². The number of nitrogens with one attached hydrogen (secondary N) is 4. The van der Waals surface area contributed by atoms with Crippen molar-refractivity contribution >= 4 is 35.6 Å². The molecule has 4 rings (SSSR count). The van der Waals surface area contributed by atoms with Gasteiger partial charge in [-0.25, -0.2) is 9.69 Å². The van der Waals surface area contributed by atoms with Crippen molar-refractivity contribution in [1.29, 1.82) is 5.41 Å². The van der Waals surface area contributed by atoms with Crippen molar-refractivity contribution in [3.63, 3.8) is 0 Å². The number of pyridine rings is 1. The van der Waals surface area contributed by atoms with E-state index in [9.17, 15) is 24.0 Å². The zero-order valence-electron chi connectivity index (χ0n) is 25.6. The summed E-state index contributed by atoms with van der Waals surface area (Å²) in [6.07, 6.45) is 1.61. The highest BCUT2D eigenvalue weighted by Crippen LogP contribution is 2.18. The molecule has 6 N–H and O–H groups in total. The molecule has 0 unspecified atom stereocenters. The van der Waals surface area contributed by atoms with Crippen LogP contribution in [0.3, 0.4) is 0 Å². The van der Waals surface area contributed by atoms with Gasteiger partial charge in [0.2, 0.25) is 5.91 Å². The second kappa shape index (κ2) is 15.6. The van der Waals surface area contributed by atoms with Crippen LogP contribution in [0.5, 0.6) is 0 Å². The SMILES string of the molecule is COC(=O)NC(=N)c1cnc(C)c(C(=O)N(C(=O)[C@@H]2CCCN2)C(=O)[C@H](Cc2ccccc2)NC(=O)[C@@H](N)Cc2ccccc2)c1. The summed E-state index contributed by atoms with van der Waals surface area (Å²) < 4.78 is 4.53. The molecule has 46 heavy (non-hydrogen) atoms. The predicted octanol–water partition coefficient (Wildman–Crippen LogP) is 1.62. The van der Waals surface area contributed by atoms with E-state index >= 15 is 0 Å². The summed E-state index contributed by atoms with van der Waals surface area (Å²) in [5.41, 5.74) is 7.82. The van der Waals surface area contributed by atoms with Crippen molar-refractivity contribution in [3.8, 4) is 0 Å². The number of amides is 5.